The summed E-state index contributed by atoms with van der Waals surface area (Å²) in [6.07, 6.45) is 1.84. The van der Waals surface area contributed by atoms with E-state index in [9.17, 15) is 9.59 Å². The second-order valence-electron chi connectivity index (χ2n) is 7.12. The standard InChI is InChI=1S/C16H29N3O2S/c1-11(2)9-17-14(20)13-10-22-16(18-13)5-7-19(8-6-16)15(21)12(3)4/h11-13,18H,5-10H2,1-4H3,(H,17,20). The Bertz CT molecular complexity index is 418. The number of amides is 2. The molecule has 1 spiro atoms. The SMILES string of the molecule is CC(C)CNC(=O)C1CSC2(CCN(C(=O)C(C)C)CC2)N1. The Morgan fingerprint density at radius 1 is 1.27 bits per heavy atom. The molecule has 2 aliphatic heterocycles. The molecule has 0 bridgehead atoms. The number of rotatable bonds is 4. The fourth-order valence-electron chi connectivity index (χ4n) is 2.95. The van der Waals surface area contributed by atoms with Gasteiger partial charge in [-0.1, -0.05) is 27.7 Å². The van der Waals surface area contributed by atoms with Crippen molar-refractivity contribution in [3.05, 3.63) is 0 Å². The first-order valence-electron chi connectivity index (χ1n) is 8.31. The van der Waals surface area contributed by atoms with Gasteiger partial charge in [-0.25, -0.2) is 0 Å². The number of piperidine rings is 1. The molecule has 0 saturated carbocycles. The molecule has 0 aromatic carbocycles. The van der Waals surface area contributed by atoms with Crippen LogP contribution < -0.4 is 10.6 Å². The summed E-state index contributed by atoms with van der Waals surface area (Å²) < 4.78 is 0. The van der Waals surface area contributed by atoms with Gasteiger partial charge in [-0.3, -0.25) is 14.9 Å². The summed E-state index contributed by atoms with van der Waals surface area (Å²) in [6, 6.07) is -0.101. The van der Waals surface area contributed by atoms with Crippen molar-refractivity contribution in [1.82, 2.24) is 15.5 Å². The normalized spacial score (nSPS) is 24.3. The van der Waals surface area contributed by atoms with Crippen LogP contribution in [0.2, 0.25) is 0 Å². The monoisotopic (exact) mass is 327 g/mol. The Labute approximate surface area is 138 Å². The second kappa shape index (κ2) is 7.21. The zero-order valence-electron chi connectivity index (χ0n) is 14.1. The Balaban J connectivity index is 1.83. The van der Waals surface area contributed by atoms with E-state index < -0.39 is 0 Å². The van der Waals surface area contributed by atoms with Gasteiger partial charge in [-0.2, -0.15) is 0 Å². The van der Waals surface area contributed by atoms with E-state index in [0.717, 1.165) is 38.2 Å². The van der Waals surface area contributed by atoms with Crippen LogP contribution in [0.1, 0.15) is 40.5 Å². The van der Waals surface area contributed by atoms with Gasteiger partial charge in [0.1, 0.15) is 0 Å². The molecule has 22 heavy (non-hydrogen) atoms. The van der Waals surface area contributed by atoms with E-state index in [1.54, 1.807) is 0 Å². The van der Waals surface area contributed by atoms with Crippen molar-refractivity contribution >= 4 is 23.6 Å². The first-order chi connectivity index (χ1) is 10.3. The Kier molecular flexibility index (Phi) is 5.77. The van der Waals surface area contributed by atoms with Crippen LogP contribution in [0.3, 0.4) is 0 Å². The number of hydrogen-bond donors (Lipinski definition) is 2. The molecule has 6 heteroatoms. The van der Waals surface area contributed by atoms with Gasteiger partial charge in [0.05, 0.1) is 10.9 Å². The predicted octanol–water partition coefficient (Wildman–Crippen LogP) is 1.44. The third-order valence-corrected chi connectivity index (χ3v) is 5.92. The van der Waals surface area contributed by atoms with Gasteiger partial charge in [-0.15, -0.1) is 11.8 Å². The zero-order chi connectivity index (χ0) is 16.3. The van der Waals surface area contributed by atoms with Crippen LogP contribution in [-0.2, 0) is 9.59 Å². The van der Waals surface area contributed by atoms with Crippen LogP contribution in [0.5, 0.6) is 0 Å². The lowest BCUT2D eigenvalue weighted by atomic mass is 10.0. The van der Waals surface area contributed by atoms with E-state index in [1.165, 1.54) is 0 Å². The highest BCUT2D eigenvalue weighted by molar-refractivity contribution is 8.01. The molecular weight excluding hydrogens is 298 g/mol. The van der Waals surface area contributed by atoms with Crippen LogP contribution in [0.25, 0.3) is 0 Å². The van der Waals surface area contributed by atoms with Crippen LogP contribution in [-0.4, -0.2) is 53.0 Å². The Morgan fingerprint density at radius 2 is 1.91 bits per heavy atom. The Morgan fingerprint density at radius 3 is 2.45 bits per heavy atom. The largest absolute Gasteiger partial charge is 0.354 e. The van der Waals surface area contributed by atoms with Crippen LogP contribution in [0, 0.1) is 11.8 Å². The lowest BCUT2D eigenvalue weighted by Gasteiger charge is -2.39. The summed E-state index contributed by atoms with van der Waals surface area (Å²) in [5.41, 5.74) is 0. The quantitative estimate of drug-likeness (QED) is 0.820. The van der Waals surface area contributed by atoms with Crippen molar-refractivity contribution in [1.29, 1.82) is 0 Å². The third kappa shape index (κ3) is 4.16. The molecule has 1 unspecified atom stereocenters. The van der Waals surface area contributed by atoms with E-state index >= 15 is 0 Å². The molecule has 0 aromatic heterocycles. The van der Waals surface area contributed by atoms with Crippen LogP contribution >= 0.6 is 11.8 Å². The van der Waals surface area contributed by atoms with Crippen molar-refractivity contribution in [2.75, 3.05) is 25.4 Å². The van der Waals surface area contributed by atoms with Gasteiger partial charge in [-0.05, 0) is 18.8 Å². The van der Waals surface area contributed by atoms with Gasteiger partial charge >= 0.3 is 0 Å². The van der Waals surface area contributed by atoms with Gasteiger partial charge in [0.2, 0.25) is 11.8 Å². The van der Waals surface area contributed by atoms with Crippen molar-refractivity contribution in [3.8, 4) is 0 Å². The zero-order valence-corrected chi connectivity index (χ0v) is 15.0. The predicted molar refractivity (Wildman–Crippen MR) is 90.6 cm³/mol. The van der Waals surface area contributed by atoms with Crippen LogP contribution in [0.4, 0.5) is 0 Å². The van der Waals surface area contributed by atoms with Gasteiger partial charge in [0.25, 0.3) is 0 Å². The van der Waals surface area contributed by atoms with E-state index in [1.807, 2.05) is 30.5 Å². The molecule has 2 rings (SSSR count). The number of likely N-dealkylation sites (tertiary alicyclic amines) is 1. The molecule has 0 radical (unpaired) electrons. The average Bonchev–Trinajstić information content (AvgIpc) is 2.88. The van der Waals surface area contributed by atoms with E-state index in [4.69, 9.17) is 0 Å². The van der Waals surface area contributed by atoms with Crippen molar-refractivity contribution in [2.24, 2.45) is 11.8 Å². The summed E-state index contributed by atoms with van der Waals surface area (Å²) in [5.74, 6) is 1.70. The molecule has 2 amide bonds. The smallest absolute Gasteiger partial charge is 0.238 e. The molecule has 2 N–H and O–H groups in total. The maximum absolute atomic E-state index is 12.2. The summed E-state index contributed by atoms with van der Waals surface area (Å²) >= 11 is 1.85. The highest BCUT2D eigenvalue weighted by Crippen LogP contribution is 2.39. The number of thioether (sulfide) groups is 1. The molecule has 1 atom stereocenters. The summed E-state index contributed by atoms with van der Waals surface area (Å²) in [6.45, 7) is 10.4. The molecule has 2 fully saturated rings. The average molecular weight is 327 g/mol. The molecule has 2 saturated heterocycles. The van der Waals surface area contributed by atoms with Crippen molar-refractivity contribution < 1.29 is 9.59 Å². The second-order valence-corrected chi connectivity index (χ2v) is 8.52. The number of carbonyl (C=O) groups excluding carboxylic acids is 2. The number of nitrogens with zero attached hydrogens (tertiary/aromatic N) is 1. The van der Waals surface area contributed by atoms with Crippen LogP contribution in [0.15, 0.2) is 0 Å². The molecule has 0 aromatic rings. The van der Waals surface area contributed by atoms with Gasteiger partial charge in [0, 0.05) is 31.3 Å². The minimum atomic E-state index is -0.101. The summed E-state index contributed by atoms with van der Waals surface area (Å²) in [7, 11) is 0. The topological polar surface area (TPSA) is 61.4 Å². The van der Waals surface area contributed by atoms with Gasteiger partial charge in [0.15, 0.2) is 0 Å². The third-order valence-electron chi connectivity index (χ3n) is 4.34. The Hall–Kier alpha value is -0.750. The van der Waals surface area contributed by atoms with Crippen molar-refractivity contribution in [2.45, 2.75) is 51.4 Å². The first-order valence-corrected chi connectivity index (χ1v) is 9.30. The summed E-state index contributed by atoms with van der Waals surface area (Å²) in [4.78, 5) is 26.2. The van der Waals surface area contributed by atoms with E-state index in [2.05, 4.69) is 24.5 Å². The summed E-state index contributed by atoms with van der Waals surface area (Å²) in [5, 5.41) is 6.54. The lowest BCUT2D eigenvalue weighted by Crippen LogP contribution is -2.55. The molecule has 0 aliphatic carbocycles. The molecule has 2 heterocycles. The fourth-order valence-corrected chi connectivity index (χ4v) is 4.37. The number of nitrogens with one attached hydrogen (secondary N) is 2. The minimum Gasteiger partial charge on any atom is -0.354 e. The number of carbonyl (C=O) groups is 2. The van der Waals surface area contributed by atoms with E-state index in [-0.39, 0.29) is 28.6 Å². The minimum absolute atomic E-state index is 0.0202. The van der Waals surface area contributed by atoms with Gasteiger partial charge < -0.3 is 10.2 Å². The molecule has 2 aliphatic rings. The molecular formula is C16H29N3O2S. The maximum atomic E-state index is 12.2. The maximum Gasteiger partial charge on any atom is 0.238 e. The first kappa shape index (κ1) is 17.6. The fraction of sp³-hybridized carbons (Fsp3) is 0.875. The molecule has 5 nitrogen and oxygen atoms in total. The highest BCUT2D eigenvalue weighted by Gasteiger charge is 2.44. The number of hydrogen-bond acceptors (Lipinski definition) is 4. The lowest BCUT2D eigenvalue weighted by molar-refractivity contribution is -0.136. The highest BCUT2D eigenvalue weighted by atomic mass is 32.2. The molecule has 126 valence electrons. The van der Waals surface area contributed by atoms with Crippen molar-refractivity contribution in [3.63, 3.8) is 0 Å². The van der Waals surface area contributed by atoms with E-state index in [0.29, 0.717) is 5.92 Å².